The van der Waals surface area contributed by atoms with Crippen molar-refractivity contribution < 1.29 is 14.4 Å². The summed E-state index contributed by atoms with van der Waals surface area (Å²) >= 11 is 0. The van der Waals surface area contributed by atoms with Crippen LogP contribution in [0.3, 0.4) is 0 Å². The Balaban J connectivity index is 1.36. The zero-order valence-electron chi connectivity index (χ0n) is 16.1. The highest BCUT2D eigenvalue weighted by molar-refractivity contribution is 6.35. The van der Waals surface area contributed by atoms with E-state index in [1.807, 2.05) is 55.6 Å². The summed E-state index contributed by atoms with van der Waals surface area (Å²) in [6, 6.07) is 14.4. The highest BCUT2D eigenvalue weighted by Crippen LogP contribution is 2.35. The molecule has 7 heteroatoms. The highest BCUT2D eigenvalue weighted by Gasteiger charge is 2.37. The topological polar surface area (TPSA) is 94.3 Å². The third kappa shape index (κ3) is 3.47. The molecule has 29 heavy (non-hydrogen) atoms. The van der Waals surface area contributed by atoms with Crippen molar-refractivity contribution in [3.8, 4) is 0 Å². The Hall–Kier alpha value is -3.61. The second-order valence-corrected chi connectivity index (χ2v) is 6.91. The van der Waals surface area contributed by atoms with Crippen LogP contribution >= 0.6 is 0 Å². The van der Waals surface area contributed by atoms with Crippen LogP contribution in [0.5, 0.6) is 0 Å². The Bertz CT molecular complexity index is 1090. The van der Waals surface area contributed by atoms with Crippen LogP contribution in [-0.2, 0) is 20.8 Å². The van der Waals surface area contributed by atoms with Gasteiger partial charge in [0, 0.05) is 41.4 Å². The molecular formula is C22H22N4O3. The van der Waals surface area contributed by atoms with Crippen molar-refractivity contribution in [1.29, 1.82) is 0 Å². The van der Waals surface area contributed by atoms with Gasteiger partial charge in [-0.05, 0) is 31.0 Å². The first-order chi connectivity index (χ1) is 14.1. The van der Waals surface area contributed by atoms with Gasteiger partial charge in [0.1, 0.15) is 6.04 Å². The number of benzene rings is 2. The van der Waals surface area contributed by atoms with Crippen LogP contribution in [0.4, 0.5) is 5.69 Å². The van der Waals surface area contributed by atoms with Crippen LogP contribution in [0, 0.1) is 0 Å². The predicted octanol–water partition coefficient (Wildman–Crippen LogP) is 2.05. The Morgan fingerprint density at radius 3 is 2.66 bits per heavy atom. The first-order valence-electron chi connectivity index (χ1n) is 9.64. The average Bonchev–Trinajstić information content (AvgIpc) is 3.27. The van der Waals surface area contributed by atoms with E-state index >= 15 is 0 Å². The molecule has 1 aliphatic heterocycles. The molecule has 4 rings (SSSR count). The van der Waals surface area contributed by atoms with E-state index in [0.717, 1.165) is 22.2 Å². The van der Waals surface area contributed by atoms with Gasteiger partial charge in [0.25, 0.3) is 5.91 Å². The molecule has 1 aliphatic rings. The van der Waals surface area contributed by atoms with E-state index in [1.165, 1.54) is 0 Å². The Morgan fingerprint density at radius 1 is 1.07 bits per heavy atom. The Kier molecular flexibility index (Phi) is 5.03. The first-order valence-corrected chi connectivity index (χ1v) is 9.64. The molecule has 0 bridgehead atoms. The summed E-state index contributed by atoms with van der Waals surface area (Å²) in [6.45, 7) is 2.69. The molecule has 7 nitrogen and oxygen atoms in total. The van der Waals surface area contributed by atoms with E-state index in [1.54, 1.807) is 11.0 Å². The lowest BCUT2D eigenvalue weighted by molar-refractivity contribution is -0.140. The molecule has 3 N–H and O–H groups in total. The lowest BCUT2D eigenvalue weighted by Gasteiger charge is -2.15. The van der Waals surface area contributed by atoms with Crippen molar-refractivity contribution in [3.63, 3.8) is 0 Å². The quantitative estimate of drug-likeness (QED) is 0.582. The zero-order chi connectivity index (χ0) is 20.4. The highest BCUT2D eigenvalue weighted by atomic mass is 16.2. The number of nitrogens with zero attached hydrogens (tertiary/aromatic N) is 1. The maximum atomic E-state index is 12.6. The summed E-state index contributed by atoms with van der Waals surface area (Å²) < 4.78 is 0. The number of hydrogen-bond donors (Lipinski definition) is 3. The molecule has 1 unspecified atom stereocenters. The number of nitrogens with one attached hydrogen (secondary N) is 3. The summed E-state index contributed by atoms with van der Waals surface area (Å²) in [5.74, 6) is -1.78. The summed E-state index contributed by atoms with van der Waals surface area (Å²) in [5, 5.41) is 6.30. The molecule has 0 aliphatic carbocycles. The first kappa shape index (κ1) is 18.7. The number of hydrogen-bond acceptors (Lipinski definition) is 3. The molecule has 0 spiro atoms. The van der Waals surface area contributed by atoms with E-state index in [0.29, 0.717) is 25.1 Å². The largest absolute Gasteiger partial charge is 0.361 e. The van der Waals surface area contributed by atoms with Gasteiger partial charge >= 0.3 is 11.8 Å². The zero-order valence-corrected chi connectivity index (χ0v) is 16.1. The summed E-state index contributed by atoms with van der Waals surface area (Å²) in [4.78, 5) is 42.0. The monoisotopic (exact) mass is 390 g/mol. The third-order valence-electron chi connectivity index (χ3n) is 5.20. The molecule has 0 radical (unpaired) electrons. The molecule has 3 amide bonds. The van der Waals surface area contributed by atoms with Crippen LogP contribution in [0.15, 0.2) is 54.7 Å². The van der Waals surface area contributed by atoms with E-state index < -0.39 is 17.9 Å². The van der Waals surface area contributed by atoms with Gasteiger partial charge in [0.05, 0.1) is 0 Å². The number of rotatable bonds is 5. The van der Waals surface area contributed by atoms with Gasteiger partial charge in [-0.25, -0.2) is 0 Å². The number of likely N-dealkylation sites (N-methyl/N-ethyl adjacent to an activating group) is 1. The van der Waals surface area contributed by atoms with Gasteiger partial charge in [0.15, 0.2) is 0 Å². The smallest absolute Gasteiger partial charge is 0.310 e. The number of aromatic nitrogens is 1. The van der Waals surface area contributed by atoms with E-state index in [2.05, 4.69) is 15.6 Å². The van der Waals surface area contributed by atoms with Crippen LogP contribution in [0.25, 0.3) is 10.9 Å². The van der Waals surface area contributed by atoms with Crippen molar-refractivity contribution in [2.45, 2.75) is 19.4 Å². The van der Waals surface area contributed by atoms with Gasteiger partial charge in [-0.2, -0.15) is 0 Å². The van der Waals surface area contributed by atoms with Crippen molar-refractivity contribution in [1.82, 2.24) is 15.6 Å². The fourth-order valence-corrected chi connectivity index (χ4v) is 3.78. The average molecular weight is 390 g/mol. The maximum Gasteiger partial charge on any atom is 0.310 e. The van der Waals surface area contributed by atoms with Gasteiger partial charge in [-0.1, -0.05) is 36.4 Å². The fourth-order valence-electron chi connectivity index (χ4n) is 3.78. The molecule has 1 aromatic heterocycles. The van der Waals surface area contributed by atoms with Crippen molar-refractivity contribution >= 4 is 34.3 Å². The predicted molar refractivity (Wildman–Crippen MR) is 110 cm³/mol. The number of carbonyl (C=O) groups is 3. The van der Waals surface area contributed by atoms with Crippen LogP contribution in [0.1, 0.15) is 24.1 Å². The van der Waals surface area contributed by atoms with Crippen LogP contribution in [0.2, 0.25) is 0 Å². The molecular weight excluding hydrogens is 368 g/mol. The number of carbonyl (C=O) groups excluding carboxylic acids is 3. The number of anilines is 1. The number of H-pyrrole nitrogens is 1. The minimum Gasteiger partial charge on any atom is -0.361 e. The lowest BCUT2D eigenvalue weighted by Crippen LogP contribution is -2.44. The molecule has 3 aromatic rings. The number of amides is 3. The molecule has 148 valence electrons. The summed E-state index contributed by atoms with van der Waals surface area (Å²) in [5.41, 5.74) is 3.58. The minimum atomic E-state index is -0.835. The Morgan fingerprint density at radius 2 is 1.83 bits per heavy atom. The van der Waals surface area contributed by atoms with Crippen LogP contribution < -0.4 is 15.5 Å². The van der Waals surface area contributed by atoms with Gasteiger partial charge in [-0.15, -0.1) is 0 Å². The SMILES string of the molecule is CCN1C(=O)C(NC(=O)C(=O)NCCc2c[nH]c3ccccc23)c2ccccc21. The normalized spacial score (nSPS) is 15.4. The second-order valence-electron chi connectivity index (χ2n) is 6.91. The molecule has 2 aromatic carbocycles. The third-order valence-corrected chi connectivity index (χ3v) is 5.20. The molecule has 2 heterocycles. The number of fused-ring (bicyclic) bond motifs is 2. The lowest BCUT2D eigenvalue weighted by atomic mass is 10.1. The number of aromatic amines is 1. The second kappa shape index (κ2) is 7.79. The van der Waals surface area contributed by atoms with Gasteiger partial charge in [0.2, 0.25) is 0 Å². The molecule has 0 saturated carbocycles. The van der Waals surface area contributed by atoms with Gasteiger partial charge in [-0.3, -0.25) is 14.4 Å². The minimum absolute atomic E-state index is 0.228. The van der Waals surface area contributed by atoms with Gasteiger partial charge < -0.3 is 20.5 Å². The van der Waals surface area contributed by atoms with E-state index in [-0.39, 0.29) is 5.91 Å². The number of para-hydroxylation sites is 2. The summed E-state index contributed by atoms with van der Waals surface area (Å²) in [6.07, 6.45) is 2.50. The standard InChI is InChI=1S/C22H22N4O3/c1-2-26-18-10-6-4-8-16(18)19(22(26)29)25-21(28)20(27)23-12-11-14-13-24-17-9-5-3-7-15(14)17/h3-10,13,19,24H,2,11-12H2,1H3,(H,23,27)(H,25,28). The van der Waals surface area contributed by atoms with Crippen LogP contribution in [-0.4, -0.2) is 35.8 Å². The summed E-state index contributed by atoms with van der Waals surface area (Å²) in [7, 11) is 0. The molecule has 0 fully saturated rings. The van der Waals surface area contributed by atoms with Crippen molar-refractivity contribution in [2.75, 3.05) is 18.0 Å². The van der Waals surface area contributed by atoms with E-state index in [4.69, 9.17) is 0 Å². The van der Waals surface area contributed by atoms with Crippen molar-refractivity contribution in [3.05, 3.63) is 65.9 Å². The maximum absolute atomic E-state index is 12.6. The molecule has 0 saturated heterocycles. The molecule has 1 atom stereocenters. The van der Waals surface area contributed by atoms with Crippen molar-refractivity contribution in [2.24, 2.45) is 0 Å². The fraction of sp³-hybridized carbons (Fsp3) is 0.227. The van der Waals surface area contributed by atoms with E-state index in [9.17, 15) is 14.4 Å². The Labute approximate surface area is 168 Å².